The molecule has 0 spiro atoms. The highest BCUT2D eigenvalue weighted by Gasteiger charge is 2.31. The maximum Gasteiger partial charge on any atom is 0.325 e. The third-order valence-corrected chi connectivity index (χ3v) is 4.27. The van der Waals surface area contributed by atoms with E-state index in [0.717, 1.165) is 13.1 Å². The number of piperazine rings is 1. The van der Waals surface area contributed by atoms with E-state index in [2.05, 4.69) is 4.90 Å². The third-order valence-electron chi connectivity index (χ3n) is 3.99. The van der Waals surface area contributed by atoms with Crippen molar-refractivity contribution < 1.29 is 19.4 Å². The Morgan fingerprint density at radius 3 is 2.52 bits per heavy atom. The molecule has 1 unspecified atom stereocenters. The van der Waals surface area contributed by atoms with Crippen molar-refractivity contribution in [3.05, 3.63) is 22.7 Å². The molecule has 0 bridgehead atoms. The van der Waals surface area contributed by atoms with Crippen molar-refractivity contribution in [3.8, 4) is 11.5 Å². The molecule has 1 saturated heterocycles. The number of ether oxygens (including phenoxy) is 2. The van der Waals surface area contributed by atoms with Crippen LogP contribution in [0.2, 0.25) is 5.02 Å². The van der Waals surface area contributed by atoms with Gasteiger partial charge in [-0.25, -0.2) is 0 Å². The molecule has 1 atom stereocenters. The van der Waals surface area contributed by atoms with Crippen LogP contribution in [-0.4, -0.2) is 67.8 Å². The van der Waals surface area contributed by atoms with Crippen molar-refractivity contribution in [1.29, 1.82) is 0 Å². The number of benzene rings is 1. The standard InChI is InChI=1S/C16H23ClN2O4/c1-4-23-13-10-11(9-12(17)15(13)22-3)14(16(20)21)19-7-5-18(2)6-8-19/h9-10,14H,4-8H2,1-3H3,(H,20,21). The number of halogens is 1. The highest BCUT2D eigenvalue weighted by Crippen LogP contribution is 2.39. The first kappa shape index (κ1) is 17.8. The number of carboxylic acid groups (broad SMARTS) is 1. The van der Waals surface area contributed by atoms with Gasteiger partial charge in [0.25, 0.3) is 0 Å². The summed E-state index contributed by atoms with van der Waals surface area (Å²) in [7, 11) is 3.54. The minimum absolute atomic E-state index is 0.355. The molecule has 0 amide bonds. The predicted octanol–water partition coefficient (Wildman–Crippen LogP) is 2.12. The Bertz CT molecular complexity index is 559. The van der Waals surface area contributed by atoms with E-state index >= 15 is 0 Å². The molecule has 1 aromatic carbocycles. The Morgan fingerprint density at radius 2 is 2.00 bits per heavy atom. The van der Waals surface area contributed by atoms with E-state index in [0.29, 0.717) is 41.8 Å². The molecule has 0 aromatic heterocycles. The lowest BCUT2D eigenvalue weighted by Gasteiger charge is -2.36. The summed E-state index contributed by atoms with van der Waals surface area (Å²) in [6.45, 7) is 5.37. The molecular formula is C16H23ClN2O4. The predicted molar refractivity (Wildman–Crippen MR) is 88.6 cm³/mol. The molecule has 1 aliphatic rings. The molecule has 0 saturated carbocycles. The second kappa shape index (κ2) is 7.86. The van der Waals surface area contributed by atoms with Crippen LogP contribution in [-0.2, 0) is 4.79 Å². The SMILES string of the molecule is CCOc1cc(C(C(=O)O)N2CCN(C)CC2)cc(Cl)c1OC. The lowest BCUT2D eigenvalue weighted by Crippen LogP contribution is -2.47. The zero-order chi connectivity index (χ0) is 17.0. The summed E-state index contributed by atoms with van der Waals surface area (Å²) in [5, 5.41) is 10.1. The highest BCUT2D eigenvalue weighted by atomic mass is 35.5. The second-order valence-electron chi connectivity index (χ2n) is 5.55. The van der Waals surface area contributed by atoms with Gasteiger partial charge in [0.1, 0.15) is 6.04 Å². The number of hydrogen-bond donors (Lipinski definition) is 1. The Kier molecular flexibility index (Phi) is 6.10. The minimum atomic E-state index is -0.891. The van der Waals surface area contributed by atoms with Gasteiger partial charge in [-0.1, -0.05) is 11.6 Å². The van der Waals surface area contributed by atoms with Crippen LogP contribution in [0.3, 0.4) is 0 Å². The van der Waals surface area contributed by atoms with Gasteiger partial charge in [-0.05, 0) is 31.7 Å². The lowest BCUT2D eigenvalue weighted by atomic mass is 10.0. The molecule has 1 aliphatic heterocycles. The normalized spacial score (nSPS) is 17.7. The number of methoxy groups -OCH3 is 1. The van der Waals surface area contributed by atoms with Crippen LogP contribution in [0.25, 0.3) is 0 Å². The van der Waals surface area contributed by atoms with Crippen LogP contribution >= 0.6 is 11.6 Å². The summed E-state index contributed by atoms with van der Waals surface area (Å²) in [6, 6.07) is 2.62. The summed E-state index contributed by atoms with van der Waals surface area (Å²) in [5.41, 5.74) is 0.608. The minimum Gasteiger partial charge on any atom is -0.491 e. The van der Waals surface area contributed by atoms with Crippen LogP contribution in [0.5, 0.6) is 11.5 Å². The average molecular weight is 343 g/mol. The summed E-state index contributed by atoms with van der Waals surface area (Å²) in [4.78, 5) is 16.0. The molecule has 1 N–H and O–H groups in total. The van der Waals surface area contributed by atoms with Gasteiger partial charge < -0.3 is 19.5 Å². The van der Waals surface area contributed by atoms with Crippen molar-refractivity contribution in [3.63, 3.8) is 0 Å². The first-order valence-corrected chi connectivity index (χ1v) is 8.01. The molecule has 23 heavy (non-hydrogen) atoms. The number of hydrogen-bond acceptors (Lipinski definition) is 5. The third kappa shape index (κ3) is 4.07. The number of carboxylic acids is 1. The summed E-state index contributed by atoms with van der Waals surface area (Å²) in [6.07, 6.45) is 0. The van der Waals surface area contributed by atoms with Crippen LogP contribution in [0.4, 0.5) is 0 Å². The van der Waals surface area contributed by atoms with Crippen molar-refractivity contribution in [1.82, 2.24) is 9.80 Å². The fourth-order valence-corrected chi connectivity index (χ4v) is 3.09. The Hall–Kier alpha value is -1.50. The molecule has 7 heteroatoms. The van der Waals surface area contributed by atoms with Crippen LogP contribution in [0, 0.1) is 0 Å². The monoisotopic (exact) mass is 342 g/mol. The molecule has 0 radical (unpaired) electrons. The van der Waals surface area contributed by atoms with Crippen molar-refractivity contribution in [2.24, 2.45) is 0 Å². The topological polar surface area (TPSA) is 62.2 Å². The molecular weight excluding hydrogens is 320 g/mol. The lowest BCUT2D eigenvalue weighted by molar-refractivity contribution is -0.144. The second-order valence-corrected chi connectivity index (χ2v) is 5.95. The number of likely N-dealkylation sites (N-methyl/N-ethyl adjacent to an activating group) is 1. The number of carbonyl (C=O) groups is 1. The zero-order valence-corrected chi connectivity index (χ0v) is 14.5. The van der Waals surface area contributed by atoms with E-state index in [1.165, 1.54) is 7.11 Å². The van der Waals surface area contributed by atoms with E-state index in [9.17, 15) is 9.90 Å². The summed E-state index contributed by atoms with van der Waals surface area (Å²) in [5.74, 6) is 0.0101. The quantitative estimate of drug-likeness (QED) is 0.854. The van der Waals surface area contributed by atoms with Crippen molar-refractivity contribution in [2.75, 3.05) is 46.9 Å². The Balaban J connectivity index is 2.37. The van der Waals surface area contributed by atoms with Crippen molar-refractivity contribution >= 4 is 17.6 Å². The maximum absolute atomic E-state index is 11.8. The van der Waals surface area contributed by atoms with Gasteiger partial charge in [-0.15, -0.1) is 0 Å². The van der Waals surface area contributed by atoms with E-state index in [1.807, 2.05) is 18.9 Å². The van der Waals surface area contributed by atoms with Gasteiger partial charge in [0.05, 0.1) is 18.7 Å². The van der Waals surface area contributed by atoms with Gasteiger partial charge in [0.2, 0.25) is 0 Å². The summed E-state index contributed by atoms with van der Waals surface area (Å²) < 4.78 is 10.8. The van der Waals surface area contributed by atoms with E-state index in [1.54, 1.807) is 12.1 Å². The zero-order valence-electron chi connectivity index (χ0n) is 13.7. The van der Waals surface area contributed by atoms with Crippen molar-refractivity contribution in [2.45, 2.75) is 13.0 Å². The fourth-order valence-electron chi connectivity index (χ4n) is 2.80. The Labute approximate surface area is 141 Å². The first-order valence-electron chi connectivity index (χ1n) is 7.63. The summed E-state index contributed by atoms with van der Waals surface area (Å²) >= 11 is 6.26. The molecule has 6 nitrogen and oxygen atoms in total. The fraction of sp³-hybridized carbons (Fsp3) is 0.562. The van der Waals surface area contributed by atoms with E-state index in [-0.39, 0.29) is 0 Å². The van der Waals surface area contributed by atoms with E-state index in [4.69, 9.17) is 21.1 Å². The van der Waals surface area contributed by atoms with Gasteiger partial charge in [0.15, 0.2) is 11.5 Å². The van der Waals surface area contributed by atoms with Crippen LogP contribution in [0.15, 0.2) is 12.1 Å². The molecule has 1 fully saturated rings. The largest absolute Gasteiger partial charge is 0.491 e. The average Bonchev–Trinajstić information content (AvgIpc) is 2.49. The first-order chi connectivity index (χ1) is 11.0. The van der Waals surface area contributed by atoms with Gasteiger partial charge in [-0.3, -0.25) is 9.69 Å². The van der Waals surface area contributed by atoms with Gasteiger partial charge in [-0.2, -0.15) is 0 Å². The number of nitrogens with zero attached hydrogens (tertiary/aromatic N) is 2. The van der Waals surface area contributed by atoms with Crippen LogP contribution in [0.1, 0.15) is 18.5 Å². The smallest absolute Gasteiger partial charge is 0.325 e. The molecule has 128 valence electrons. The Morgan fingerprint density at radius 1 is 1.35 bits per heavy atom. The molecule has 2 rings (SSSR count). The van der Waals surface area contributed by atoms with Gasteiger partial charge in [0, 0.05) is 26.2 Å². The van der Waals surface area contributed by atoms with Gasteiger partial charge >= 0.3 is 5.97 Å². The molecule has 1 aromatic rings. The maximum atomic E-state index is 11.8. The van der Waals surface area contributed by atoms with Crippen LogP contribution < -0.4 is 9.47 Å². The highest BCUT2D eigenvalue weighted by molar-refractivity contribution is 6.32. The molecule has 1 heterocycles. The van der Waals surface area contributed by atoms with E-state index < -0.39 is 12.0 Å². The molecule has 0 aliphatic carbocycles. The number of aliphatic carboxylic acids is 1. The number of rotatable bonds is 6.